The maximum Gasteiger partial charge on any atom is 0.419 e. The average molecular weight is 491 g/mol. The number of nitrogen functional groups attached to an aromatic ring is 1. The maximum atomic E-state index is 13.4. The molecule has 0 amide bonds. The minimum absolute atomic E-state index is 0.121. The van der Waals surface area contributed by atoms with Crippen molar-refractivity contribution in [3.63, 3.8) is 0 Å². The van der Waals surface area contributed by atoms with Crippen LogP contribution in [0.25, 0.3) is 11.3 Å². The molecule has 0 unspecified atom stereocenters. The van der Waals surface area contributed by atoms with Crippen LogP contribution in [0.4, 0.5) is 19.0 Å². The number of anilines is 1. The van der Waals surface area contributed by atoms with Crippen LogP contribution in [0.2, 0.25) is 0 Å². The summed E-state index contributed by atoms with van der Waals surface area (Å²) < 4.78 is 47.7. The smallest absolute Gasteiger partial charge is 0.383 e. The van der Waals surface area contributed by atoms with Gasteiger partial charge in [-0.3, -0.25) is 14.5 Å². The number of halogens is 3. The van der Waals surface area contributed by atoms with Crippen molar-refractivity contribution >= 4 is 5.82 Å². The molecule has 2 aliphatic heterocycles. The monoisotopic (exact) mass is 490 g/mol. The number of aromatic nitrogens is 3. The summed E-state index contributed by atoms with van der Waals surface area (Å²) in [5.41, 5.74) is 6.79. The number of rotatable bonds is 4. The first kappa shape index (κ1) is 23.2. The van der Waals surface area contributed by atoms with E-state index in [-0.39, 0.29) is 11.6 Å². The summed E-state index contributed by atoms with van der Waals surface area (Å²) in [6.45, 7) is 9.05. The largest absolute Gasteiger partial charge is 0.419 e. The van der Waals surface area contributed by atoms with Crippen LogP contribution in [-0.4, -0.2) is 76.0 Å². The molecule has 35 heavy (non-hydrogen) atoms. The lowest BCUT2D eigenvalue weighted by atomic mass is 9.90. The molecular weight excluding hydrogens is 457 g/mol. The number of nitrogens with zero attached hydrogens (tertiary/aromatic N) is 5. The molecule has 190 valence electrons. The van der Waals surface area contributed by atoms with Crippen LogP contribution < -0.4 is 5.73 Å². The number of hydrogen-bond acceptors (Lipinski definition) is 6. The number of fused-ring (bicyclic) bond motifs is 1. The van der Waals surface area contributed by atoms with Gasteiger partial charge in [0.1, 0.15) is 5.82 Å². The molecule has 2 saturated heterocycles. The highest BCUT2D eigenvalue weighted by molar-refractivity contribution is 5.63. The summed E-state index contributed by atoms with van der Waals surface area (Å²) in [6.07, 6.45) is -0.808. The zero-order valence-corrected chi connectivity index (χ0v) is 20.4. The van der Waals surface area contributed by atoms with E-state index in [1.807, 2.05) is 10.7 Å². The van der Waals surface area contributed by atoms with Crippen molar-refractivity contribution in [2.24, 2.45) is 11.8 Å². The third-order valence-corrected chi connectivity index (χ3v) is 8.82. The predicted molar refractivity (Wildman–Crippen MR) is 126 cm³/mol. The maximum absolute atomic E-state index is 13.4. The first-order valence-electron chi connectivity index (χ1n) is 12.5. The van der Waals surface area contributed by atoms with Crippen LogP contribution in [0, 0.1) is 11.8 Å². The molecule has 7 nitrogen and oxygen atoms in total. The highest BCUT2D eigenvalue weighted by atomic mass is 19.4. The van der Waals surface area contributed by atoms with E-state index in [0.717, 1.165) is 44.6 Å². The summed E-state index contributed by atoms with van der Waals surface area (Å²) >= 11 is 0. The number of likely N-dealkylation sites (N-methyl/N-ethyl adjacent to an activating group) is 1. The third kappa shape index (κ3) is 3.76. The Bertz CT molecular complexity index is 1110. The van der Waals surface area contributed by atoms with Gasteiger partial charge in [-0.25, -0.2) is 4.98 Å². The van der Waals surface area contributed by atoms with Crippen molar-refractivity contribution in [3.8, 4) is 11.3 Å². The molecule has 2 aromatic rings. The van der Waals surface area contributed by atoms with Crippen LogP contribution in [0.3, 0.4) is 0 Å². The molecule has 4 atom stereocenters. The lowest BCUT2D eigenvalue weighted by molar-refractivity contribution is -0.166. The van der Waals surface area contributed by atoms with Crippen molar-refractivity contribution in [1.82, 2.24) is 24.6 Å². The molecule has 2 aliphatic carbocycles. The molecule has 10 heteroatoms. The SMILES string of the molecule is CC(C)n1nc(-c2cnc(N)c(C(F)(F)F)c2)cc1[C@H]1[C@@H]2C[C@H](N3CCN(C)C4(COC4)C3)C[C@@H]21. The predicted octanol–water partition coefficient (Wildman–Crippen LogP) is 3.64. The minimum atomic E-state index is -4.55. The number of hydrogen-bond donors (Lipinski definition) is 1. The van der Waals surface area contributed by atoms with Gasteiger partial charge in [0.2, 0.25) is 0 Å². The number of alkyl halides is 3. The van der Waals surface area contributed by atoms with E-state index in [2.05, 4.69) is 35.7 Å². The Kier molecular flexibility index (Phi) is 5.26. The third-order valence-electron chi connectivity index (χ3n) is 8.82. The van der Waals surface area contributed by atoms with Gasteiger partial charge in [0.25, 0.3) is 0 Å². The van der Waals surface area contributed by atoms with Crippen LogP contribution in [0.15, 0.2) is 18.3 Å². The molecule has 2 N–H and O–H groups in total. The van der Waals surface area contributed by atoms with E-state index in [9.17, 15) is 13.2 Å². The van der Waals surface area contributed by atoms with E-state index < -0.39 is 17.6 Å². The zero-order valence-electron chi connectivity index (χ0n) is 20.4. The minimum Gasteiger partial charge on any atom is -0.383 e. The van der Waals surface area contributed by atoms with Gasteiger partial charge in [-0.1, -0.05) is 0 Å². The van der Waals surface area contributed by atoms with Crippen molar-refractivity contribution in [2.45, 2.75) is 56.4 Å². The standard InChI is InChI=1S/C25H33F3N6O/c1-14(2)34-21(9-20(31-34)15-6-19(25(26,27)28)23(29)30-10-15)22-17-7-16(8-18(17)22)33-5-4-32(3)24(11-33)12-35-13-24/h6,9-10,14,16-18,22H,4-5,7-8,11-13H2,1-3H3,(H2,29,30)/t16-,17+,18-,22-. The summed E-state index contributed by atoms with van der Waals surface area (Å²) in [6, 6.07) is 3.77. The second kappa shape index (κ2) is 7.91. The molecule has 2 saturated carbocycles. The van der Waals surface area contributed by atoms with Gasteiger partial charge < -0.3 is 10.5 Å². The molecular formula is C25H33F3N6O. The summed E-state index contributed by atoms with van der Waals surface area (Å²) in [4.78, 5) is 8.94. The van der Waals surface area contributed by atoms with E-state index in [1.54, 1.807) is 0 Å². The van der Waals surface area contributed by atoms with E-state index in [4.69, 9.17) is 15.6 Å². The van der Waals surface area contributed by atoms with Gasteiger partial charge in [-0.2, -0.15) is 18.3 Å². The fourth-order valence-corrected chi connectivity index (χ4v) is 6.66. The molecule has 6 rings (SSSR count). The molecule has 4 fully saturated rings. The van der Waals surface area contributed by atoms with Crippen LogP contribution in [0.5, 0.6) is 0 Å². The van der Waals surface area contributed by atoms with Gasteiger partial charge in [0, 0.05) is 55.1 Å². The summed E-state index contributed by atoms with van der Waals surface area (Å²) in [7, 11) is 2.21. The Labute approximate surface area is 203 Å². The van der Waals surface area contributed by atoms with Gasteiger partial charge in [-0.15, -0.1) is 0 Å². The van der Waals surface area contributed by atoms with Crippen LogP contribution in [-0.2, 0) is 10.9 Å². The highest BCUT2D eigenvalue weighted by Crippen LogP contribution is 2.64. The summed E-state index contributed by atoms with van der Waals surface area (Å²) in [5, 5.41) is 4.71. The second-order valence-electron chi connectivity index (χ2n) is 11.2. The molecule has 0 bridgehead atoms. The lowest BCUT2D eigenvalue weighted by Gasteiger charge is -2.55. The molecule has 2 aromatic heterocycles. The lowest BCUT2D eigenvalue weighted by Crippen LogP contribution is -2.71. The van der Waals surface area contributed by atoms with Crippen molar-refractivity contribution in [2.75, 3.05) is 45.6 Å². The molecule has 1 spiro atoms. The topological polar surface area (TPSA) is 72.4 Å². The Morgan fingerprint density at radius 1 is 1.14 bits per heavy atom. The fourth-order valence-electron chi connectivity index (χ4n) is 6.66. The Morgan fingerprint density at radius 3 is 2.46 bits per heavy atom. The van der Waals surface area contributed by atoms with Gasteiger partial charge in [0.05, 0.1) is 30.0 Å². The van der Waals surface area contributed by atoms with Crippen molar-refractivity contribution in [1.29, 1.82) is 0 Å². The van der Waals surface area contributed by atoms with Gasteiger partial charge >= 0.3 is 6.18 Å². The van der Waals surface area contributed by atoms with E-state index in [0.29, 0.717) is 35.1 Å². The van der Waals surface area contributed by atoms with Crippen molar-refractivity contribution < 1.29 is 17.9 Å². The Morgan fingerprint density at radius 2 is 1.86 bits per heavy atom. The number of nitrogens with two attached hydrogens (primary N) is 1. The number of piperazine rings is 1. The first-order valence-corrected chi connectivity index (χ1v) is 12.5. The Balaban J connectivity index is 1.20. The number of pyridine rings is 1. The molecule has 4 aliphatic rings. The van der Waals surface area contributed by atoms with Gasteiger partial charge in [-0.05, 0) is 57.7 Å². The number of ether oxygens (including phenoxy) is 1. The normalized spacial score (nSPS) is 30.6. The molecule has 0 aromatic carbocycles. The summed E-state index contributed by atoms with van der Waals surface area (Å²) in [5.74, 6) is 1.15. The highest BCUT2D eigenvalue weighted by Gasteiger charge is 2.59. The Hall–Kier alpha value is -2.17. The van der Waals surface area contributed by atoms with E-state index in [1.165, 1.54) is 19.0 Å². The first-order chi connectivity index (χ1) is 16.6. The quantitative estimate of drug-likeness (QED) is 0.706. The van der Waals surface area contributed by atoms with E-state index >= 15 is 0 Å². The zero-order chi connectivity index (χ0) is 24.7. The van der Waals surface area contributed by atoms with Crippen LogP contribution in [0.1, 0.15) is 49.9 Å². The van der Waals surface area contributed by atoms with Crippen molar-refractivity contribution in [3.05, 3.63) is 29.6 Å². The average Bonchev–Trinajstić information content (AvgIpc) is 3.13. The fraction of sp³-hybridized carbons (Fsp3) is 0.680. The second-order valence-corrected chi connectivity index (χ2v) is 11.2. The van der Waals surface area contributed by atoms with Crippen LogP contribution >= 0.6 is 0 Å². The van der Waals surface area contributed by atoms with Gasteiger partial charge in [0.15, 0.2) is 0 Å². The molecule has 0 radical (unpaired) electrons. The molecule has 4 heterocycles.